The molecule has 0 fully saturated rings. The van der Waals surface area contributed by atoms with Crippen LogP contribution < -0.4 is 20.9 Å². The van der Waals surface area contributed by atoms with Crippen LogP contribution in [0.15, 0.2) is 30.3 Å². The van der Waals surface area contributed by atoms with E-state index in [0.717, 1.165) is 6.07 Å². The average Bonchev–Trinajstić information content (AvgIpc) is 2.57. The fourth-order valence-electron chi connectivity index (χ4n) is 2.11. The lowest BCUT2D eigenvalue weighted by molar-refractivity contribution is 0.0991. The van der Waals surface area contributed by atoms with Crippen LogP contribution in [0.3, 0.4) is 0 Å². The number of benzene rings is 1. The normalized spacial score (nSPS) is 11.8. The van der Waals surface area contributed by atoms with Gasteiger partial charge in [0.25, 0.3) is 5.91 Å². The molecule has 1 atom stereocenters. The SMILES string of the molecule is COc1cccc(C(CCN)Oc2cc(Cl)c(F)cc2C(N)=O)n1. The lowest BCUT2D eigenvalue weighted by atomic mass is 10.1. The predicted octanol–water partition coefficient (Wildman–Crippen LogP) is 2.45. The number of aromatic nitrogens is 1. The zero-order valence-corrected chi connectivity index (χ0v) is 13.7. The number of primary amides is 1. The largest absolute Gasteiger partial charge is 0.483 e. The van der Waals surface area contributed by atoms with Crippen LogP contribution in [0.1, 0.15) is 28.6 Å². The van der Waals surface area contributed by atoms with Gasteiger partial charge in [0.2, 0.25) is 5.88 Å². The van der Waals surface area contributed by atoms with Crippen LogP contribution in [0.5, 0.6) is 11.6 Å². The van der Waals surface area contributed by atoms with Crippen molar-refractivity contribution < 1.29 is 18.7 Å². The maximum Gasteiger partial charge on any atom is 0.252 e. The highest BCUT2D eigenvalue weighted by molar-refractivity contribution is 6.31. The minimum atomic E-state index is -0.828. The molecule has 0 aliphatic rings. The third-order valence-electron chi connectivity index (χ3n) is 3.27. The van der Waals surface area contributed by atoms with Gasteiger partial charge in [-0.3, -0.25) is 4.79 Å². The number of carbonyl (C=O) groups excluding carboxylic acids is 1. The number of pyridine rings is 1. The number of hydrogen-bond donors (Lipinski definition) is 2. The van der Waals surface area contributed by atoms with E-state index in [-0.39, 0.29) is 16.3 Å². The van der Waals surface area contributed by atoms with Gasteiger partial charge in [0, 0.05) is 18.6 Å². The summed E-state index contributed by atoms with van der Waals surface area (Å²) in [6, 6.07) is 7.32. The standard InChI is InChI=1S/C16H17ClFN3O3/c1-23-15-4-2-3-12(21-15)13(5-6-19)24-14-8-10(17)11(18)7-9(14)16(20)22/h2-4,7-8,13H,5-6,19H2,1H3,(H2,20,22). The summed E-state index contributed by atoms with van der Waals surface area (Å²) in [6.45, 7) is 0.310. The quantitative estimate of drug-likeness (QED) is 0.796. The molecule has 0 radical (unpaired) electrons. The monoisotopic (exact) mass is 353 g/mol. The molecule has 0 aliphatic carbocycles. The fraction of sp³-hybridized carbons (Fsp3) is 0.250. The number of methoxy groups -OCH3 is 1. The van der Waals surface area contributed by atoms with Gasteiger partial charge in [-0.25, -0.2) is 9.37 Å². The van der Waals surface area contributed by atoms with Crippen molar-refractivity contribution in [3.05, 3.63) is 52.4 Å². The van der Waals surface area contributed by atoms with Gasteiger partial charge >= 0.3 is 0 Å². The van der Waals surface area contributed by atoms with Gasteiger partial charge in [-0.15, -0.1) is 0 Å². The first-order valence-electron chi connectivity index (χ1n) is 7.12. The van der Waals surface area contributed by atoms with Crippen LogP contribution in [-0.2, 0) is 0 Å². The molecule has 8 heteroatoms. The van der Waals surface area contributed by atoms with E-state index in [2.05, 4.69) is 4.98 Å². The summed E-state index contributed by atoms with van der Waals surface area (Å²) >= 11 is 5.78. The van der Waals surface area contributed by atoms with E-state index >= 15 is 0 Å². The molecule has 1 aromatic carbocycles. The highest BCUT2D eigenvalue weighted by Gasteiger charge is 2.20. The zero-order chi connectivity index (χ0) is 17.7. The third kappa shape index (κ3) is 4.12. The third-order valence-corrected chi connectivity index (χ3v) is 3.56. The summed E-state index contributed by atoms with van der Waals surface area (Å²) in [5.74, 6) is -1.11. The Labute approximate surface area is 143 Å². The number of halogens is 2. The second-order valence-electron chi connectivity index (χ2n) is 4.92. The van der Waals surface area contributed by atoms with Gasteiger partial charge in [0.15, 0.2) is 0 Å². The maximum absolute atomic E-state index is 13.6. The van der Waals surface area contributed by atoms with E-state index < -0.39 is 17.8 Å². The minimum absolute atomic E-state index is 0.0666. The lowest BCUT2D eigenvalue weighted by Gasteiger charge is -2.20. The molecule has 0 aliphatic heterocycles. The van der Waals surface area contributed by atoms with Gasteiger partial charge in [-0.1, -0.05) is 17.7 Å². The van der Waals surface area contributed by atoms with E-state index in [1.54, 1.807) is 18.2 Å². The fourth-order valence-corrected chi connectivity index (χ4v) is 2.27. The molecule has 24 heavy (non-hydrogen) atoms. The van der Waals surface area contributed by atoms with Gasteiger partial charge in [-0.05, 0) is 18.7 Å². The zero-order valence-electron chi connectivity index (χ0n) is 13.0. The molecule has 4 N–H and O–H groups in total. The van der Waals surface area contributed by atoms with Crippen molar-refractivity contribution in [3.63, 3.8) is 0 Å². The number of carbonyl (C=O) groups is 1. The van der Waals surface area contributed by atoms with Gasteiger partial charge in [0.1, 0.15) is 17.7 Å². The van der Waals surface area contributed by atoms with E-state index in [1.165, 1.54) is 13.2 Å². The number of amides is 1. The van der Waals surface area contributed by atoms with Crippen molar-refractivity contribution in [1.29, 1.82) is 0 Å². The summed E-state index contributed by atoms with van der Waals surface area (Å²) in [5.41, 5.74) is 11.3. The van der Waals surface area contributed by atoms with Gasteiger partial charge < -0.3 is 20.9 Å². The predicted molar refractivity (Wildman–Crippen MR) is 87.8 cm³/mol. The molecule has 2 aromatic rings. The molecule has 0 saturated heterocycles. The molecule has 2 rings (SSSR count). The Morgan fingerprint density at radius 1 is 1.42 bits per heavy atom. The molecule has 1 heterocycles. The minimum Gasteiger partial charge on any atom is -0.483 e. The number of ether oxygens (including phenoxy) is 2. The molecule has 1 amide bonds. The van der Waals surface area contributed by atoms with Crippen LogP contribution in [0.25, 0.3) is 0 Å². The first-order valence-corrected chi connectivity index (χ1v) is 7.50. The molecule has 1 aromatic heterocycles. The lowest BCUT2D eigenvalue weighted by Crippen LogP contribution is -2.18. The highest BCUT2D eigenvalue weighted by atomic mass is 35.5. The first-order chi connectivity index (χ1) is 11.5. The Morgan fingerprint density at radius 2 is 2.17 bits per heavy atom. The summed E-state index contributed by atoms with van der Waals surface area (Å²) in [4.78, 5) is 15.8. The Bertz CT molecular complexity index is 743. The molecular formula is C16H17ClFN3O3. The second-order valence-corrected chi connectivity index (χ2v) is 5.32. The molecule has 1 unspecified atom stereocenters. The molecule has 128 valence electrons. The Kier molecular flexibility index (Phi) is 5.94. The highest BCUT2D eigenvalue weighted by Crippen LogP contribution is 2.31. The van der Waals surface area contributed by atoms with Crippen LogP contribution in [0, 0.1) is 5.82 Å². The summed E-state index contributed by atoms with van der Waals surface area (Å²) < 4.78 is 24.5. The van der Waals surface area contributed by atoms with Crippen molar-refractivity contribution in [1.82, 2.24) is 4.98 Å². The van der Waals surface area contributed by atoms with Crippen LogP contribution in [-0.4, -0.2) is 24.5 Å². The topological polar surface area (TPSA) is 100 Å². The molecule has 0 saturated carbocycles. The number of nitrogens with two attached hydrogens (primary N) is 2. The van der Waals surface area contributed by atoms with Crippen molar-refractivity contribution in [2.45, 2.75) is 12.5 Å². The Morgan fingerprint density at radius 3 is 2.79 bits per heavy atom. The molecule has 6 nitrogen and oxygen atoms in total. The van der Waals surface area contributed by atoms with Crippen molar-refractivity contribution in [2.75, 3.05) is 13.7 Å². The van der Waals surface area contributed by atoms with Gasteiger partial charge in [0.05, 0.1) is 23.4 Å². The second kappa shape index (κ2) is 7.94. The van der Waals surface area contributed by atoms with E-state index in [0.29, 0.717) is 24.5 Å². The Balaban J connectivity index is 2.40. The Hall–Kier alpha value is -2.38. The molecule has 0 spiro atoms. The van der Waals surface area contributed by atoms with Gasteiger partial charge in [-0.2, -0.15) is 0 Å². The van der Waals surface area contributed by atoms with Crippen molar-refractivity contribution in [2.24, 2.45) is 11.5 Å². The summed E-state index contributed by atoms with van der Waals surface area (Å²) in [7, 11) is 1.50. The van der Waals surface area contributed by atoms with Crippen molar-refractivity contribution >= 4 is 17.5 Å². The summed E-state index contributed by atoms with van der Waals surface area (Å²) in [6.07, 6.45) is -0.169. The number of rotatable bonds is 7. The summed E-state index contributed by atoms with van der Waals surface area (Å²) in [5, 5.41) is -0.180. The van der Waals surface area contributed by atoms with E-state index in [4.69, 9.17) is 32.5 Å². The maximum atomic E-state index is 13.6. The first kappa shape index (κ1) is 18.0. The van der Waals surface area contributed by atoms with E-state index in [9.17, 15) is 9.18 Å². The number of hydrogen-bond acceptors (Lipinski definition) is 5. The smallest absolute Gasteiger partial charge is 0.252 e. The van der Waals surface area contributed by atoms with E-state index in [1.807, 2.05) is 0 Å². The van der Waals surface area contributed by atoms with Crippen LogP contribution in [0.2, 0.25) is 5.02 Å². The van der Waals surface area contributed by atoms with Crippen LogP contribution in [0.4, 0.5) is 4.39 Å². The van der Waals surface area contributed by atoms with Crippen molar-refractivity contribution in [3.8, 4) is 11.6 Å². The van der Waals surface area contributed by atoms with Crippen LogP contribution >= 0.6 is 11.6 Å². The number of nitrogens with zero attached hydrogens (tertiary/aromatic N) is 1. The molecular weight excluding hydrogens is 337 g/mol. The molecule has 0 bridgehead atoms. The average molecular weight is 354 g/mol.